The van der Waals surface area contributed by atoms with E-state index in [0.717, 1.165) is 6.07 Å². The number of halogens is 3. The van der Waals surface area contributed by atoms with Gasteiger partial charge >= 0.3 is 12.5 Å². The number of hydrogen-bond donors (Lipinski definition) is 1. The van der Waals surface area contributed by atoms with Crippen molar-refractivity contribution in [2.45, 2.75) is 70.6 Å². The smallest absolute Gasteiger partial charge is 0.490 e. The van der Waals surface area contributed by atoms with E-state index in [0.29, 0.717) is 25.7 Å². The fraction of sp³-hybridized carbons (Fsp3) is 0.579. The first kappa shape index (κ1) is 21.7. The molecule has 9 heteroatoms. The number of nitrogens with one attached hydrogen (secondary N) is 1. The first-order valence-electron chi connectivity index (χ1n) is 8.91. The van der Waals surface area contributed by atoms with Crippen molar-refractivity contribution in [1.82, 2.24) is 5.32 Å². The molecule has 0 bridgehead atoms. The molecule has 28 heavy (non-hydrogen) atoms. The highest BCUT2D eigenvalue weighted by atomic mass is 19.4. The van der Waals surface area contributed by atoms with Crippen LogP contribution in [0.4, 0.5) is 18.0 Å². The lowest BCUT2D eigenvalue weighted by Crippen LogP contribution is -2.42. The van der Waals surface area contributed by atoms with Gasteiger partial charge in [-0.2, -0.15) is 5.26 Å². The summed E-state index contributed by atoms with van der Waals surface area (Å²) in [6, 6.07) is 5.35. The Morgan fingerprint density at radius 1 is 1.18 bits per heavy atom. The Morgan fingerprint density at radius 3 is 2.36 bits per heavy atom. The highest BCUT2D eigenvalue weighted by Crippen LogP contribution is 2.31. The number of nitriles is 1. The Hall–Kier alpha value is -2.63. The van der Waals surface area contributed by atoms with E-state index in [4.69, 9.17) is 14.7 Å². The average Bonchev–Trinajstić information content (AvgIpc) is 2.54. The zero-order chi connectivity index (χ0) is 20.9. The lowest BCUT2D eigenvalue weighted by atomic mass is 9.93. The van der Waals surface area contributed by atoms with Crippen LogP contribution in [0.15, 0.2) is 18.2 Å². The summed E-state index contributed by atoms with van der Waals surface area (Å²) in [5.74, 6) is -0.394. The normalized spacial score (nSPS) is 20.0. The maximum absolute atomic E-state index is 12.5. The fourth-order valence-corrected chi connectivity index (χ4v) is 2.87. The summed E-state index contributed by atoms with van der Waals surface area (Å²) in [6.07, 6.45) is -3.01. The maximum atomic E-state index is 12.5. The van der Waals surface area contributed by atoms with E-state index in [-0.39, 0.29) is 23.5 Å². The van der Waals surface area contributed by atoms with Crippen LogP contribution in [0.3, 0.4) is 0 Å². The van der Waals surface area contributed by atoms with Crippen molar-refractivity contribution in [2.24, 2.45) is 0 Å². The molecule has 1 amide bonds. The minimum absolute atomic E-state index is 0.0419. The molecule has 1 saturated carbocycles. The maximum Gasteiger partial charge on any atom is 0.573 e. The van der Waals surface area contributed by atoms with Gasteiger partial charge in [-0.3, -0.25) is 0 Å². The largest absolute Gasteiger partial charge is 0.573 e. The summed E-state index contributed by atoms with van der Waals surface area (Å²) in [7, 11) is 0. The Labute approximate surface area is 161 Å². The number of carbonyl (C=O) groups is 1. The van der Waals surface area contributed by atoms with Crippen molar-refractivity contribution in [3.63, 3.8) is 0 Å². The van der Waals surface area contributed by atoms with Crippen LogP contribution in [0.2, 0.25) is 0 Å². The summed E-state index contributed by atoms with van der Waals surface area (Å²) in [5, 5.41) is 11.7. The van der Waals surface area contributed by atoms with Crippen LogP contribution in [-0.4, -0.2) is 30.2 Å². The standard InChI is InChI=1S/C19H23F3N2O4/c1-18(2,3)28-17(25)24-13-5-8-14(9-6-13)26-15-7-4-12(11-23)16(10-15)27-19(20,21)22/h4,7,10,13-14H,5-6,8-9H2,1-3H3,(H,24,25). The van der Waals surface area contributed by atoms with Gasteiger partial charge in [0.05, 0.1) is 11.7 Å². The lowest BCUT2D eigenvalue weighted by Gasteiger charge is -2.30. The van der Waals surface area contributed by atoms with Gasteiger partial charge in [0.15, 0.2) is 5.75 Å². The van der Waals surface area contributed by atoms with E-state index >= 15 is 0 Å². The number of amides is 1. The molecule has 154 valence electrons. The SMILES string of the molecule is CC(C)(C)OC(=O)NC1CCC(Oc2ccc(C#N)c(OC(F)(F)F)c2)CC1. The molecule has 1 fully saturated rings. The Morgan fingerprint density at radius 2 is 1.82 bits per heavy atom. The highest BCUT2D eigenvalue weighted by molar-refractivity contribution is 5.68. The number of alkyl halides is 3. The van der Waals surface area contributed by atoms with Gasteiger partial charge in [0.25, 0.3) is 0 Å². The molecular weight excluding hydrogens is 377 g/mol. The van der Waals surface area contributed by atoms with Crippen LogP contribution in [0.1, 0.15) is 52.0 Å². The van der Waals surface area contributed by atoms with Gasteiger partial charge in [-0.25, -0.2) is 4.79 Å². The molecule has 2 rings (SSSR count). The second-order valence-electron chi connectivity index (χ2n) is 7.56. The van der Waals surface area contributed by atoms with Gasteiger partial charge in [0.2, 0.25) is 0 Å². The molecule has 1 N–H and O–H groups in total. The van der Waals surface area contributed by atoms with Crippen LogP contribution in [0, 0.1) is 11.3 Å². The minimum atomic E-state index is -4.89. The molecule has 0 unspecified atom stereocenters. The molecule has 1 aromatic carbocycles. The summed E-state index contributed by atoms with van der Waals surface area (Å²) in [6.45, 7) is 5.35. The van der Waals surface area contributed by atoms with Crippen LogP contribution >= 0.6 is 0 Å². The number of rotatable bonds is 4. The van der Waals surface area contributed by atoms with Gasteiger partial charge < -0.3 is 19.5 Å². The molecule has 0 aromatic heterocycles. The number of carbonyl (C=O) groups excluding carboxylic acids is 1. The van der Waals surface area contributed by atoms with Crippen LogP contribution in [-0.2, 0) is 4.74 Å². The number of nitrogens with zero attached hydrogens (tertiary/aromatic N) is 1. The van der Waals surface area contributed by atoms with Gasteiger partial charge in [-0.1, -0.05) is 0 Å². The van der Waals surface area contributed by atoms with Crippen molar-refractivity contribution < 1.29 is 32.2 Å². The molecule has 0 radical (unpaired) electrons. The fourth-order valence-electron chi connectivity index (χ4n) is 2.87. The van der Waals surface area contributed by atoms with Crippen LogP contribution in [0.5, 0.6) is 11.5 Å². The summed E-state index contributed by atoms with van der Waals surface area (Å²) >= 11 is 0. The third-order valence-corrected chi connectivity index (χ3v) is 4.00. The molecule has 0 spiro atoms. The van der Waals surface area contributed by atoms with Crippen molar-refractivity contribution in [2.75, 3.05) is 0 Å². The second-order valence-corrected chi connectivity index (χ2v) is 7.56. The third kappa shape index (κ3) is 7.18. The van der Waals surface area contributed by atoms with Gasteiger partial charge in [0.1, 0.15) is 17.4 Å². The van der Waals surface area contributed by atoms with E-state index in [2.05, 4.69) is 10.1 Å². The van der Waals surface area contributed by atoms with Crippen LogP contribution < -0.4 is 14.8 Å². The number of hydrogen-bond acceptors (Lipinski definition) is 5. The molecule has 1 aromatic rings. The average molecular weight is 400 g/mol. The van der Waals surface area contributed by atoms with Crippen molar-refractivity contribution in [1.29, 1.82) is 5.26 Å². The van der Waals surface area contributed by atoms with Crippen molar-refractivity contribution in [3.05, 3.63) is 23.8 Å². The molecule has 0 saturated heterocycles. The Kier molecular flexibility index (Phi) is 6.65. The highest BCUT2D eigenvalue weighted by Gasteiger charge is 2.32. The monoisotopic (exact) mass is 400 g/mol. The second kappa shape index (κ2) is 8.59. The zero-order valence-corrected chi connectivity index (χ0v) is 15.9. The van der Waals surface area contributed by atoms with E-state index in [1.54, 1.807) is 26.8 Å². The number of alkyl carbamates (subject to hydrolysis) is 1. The van der Waals surface area contributed by atoms with Gasteiger partial charge in [-0.05, 0) is 58.6 Å². The molecule has 1 aliphatic rings. The summed E-state index contributed by atoms with van der Waals surface area (Å²) in [5.41, 5.74) is -0.800. The number of benzene rings is 1. The predicted octanol–water partition coefficient (Wildman–Crippen LogP) is 4.67. The first-order chi connectivity index (χ1) is 12.9. The first-order valence-corrected chi connectivity index (χ1v) is 8.91. The summed E-state index contributed by atoms with van der Waals surface area (Å²) < 4.78 is 52.3. The molecule has 0 aliphatic heterocycles. The third-order valence-electron chi connectivity index (χ3n) is 4.00. The molecule has 6 nitrogen and oxygen atoms in total. The lowest BCUT2D eigenvalue weighted by molar-refractivity contribution is -0.274. The Bertz CT molecular complexity index is 730. The Balaban J connectivity index is 1.90. The van der Waals surface area contributed by atoms with Gasteiger partial charge in [-0.15, -0.1) is 13.2 Å². The topological polar surface area (TPSA) is 80.6 Å². The van der Waals surface area contributed by atoms with E-state index < -0.39 is 23.8 Å². The molecule has 0 heterocycles. The number of ether oxygens (including phenoxy) is 3. The summed E-state index contributed by atoms with van der Waals surface area (Å²) in [4.78, 5) is 11.8. The quantitative estimate of drug-likeness (QED) is 0.794. The van der Waals surface area contributed by atoms with Gasteiger partial charge in [0, 0.05) is 12.1 Å². The van der Waals surface area contributed by atoms with Crippen molar-refractivity contribution >= 4 is 6.09 Å². The van der Waals surface area contributed by atoms with E-state index in [1.807, 2.05) is 0 Å². The van der Waals surface area contributed by atoms with E-state index in [9.17, 15) is 18.0 Å². The van der Waals surface area contributed by atoms with E-state index in [1.165, 1.54) is 12.1 Å². The molecule has 0 atom stereocenters. The molecular formula is C19H23F3N2O4. The molecule has 1 aliphatic carbocycles. The predicted molar refractivity (Wildman–Crippen MR) is 93.9 cm³/mol. The zero-order valence-electron chi connectivity index (χ0n) is 15.9. The van der Waals surface area contributed by atoms with Crippen molar-refractivity contribution in [3.8, 4) is 17.6 Å². The minimum Gasteiger partial charge on any atom is -0.490 e. The van der Waals surface area contributed by atoms with Crippen LogP contribution in [0.25, 0.3) is 0 Å².